The Labute approximate surface area is 130 Å². The Hall–Kier alpha value is -0.970. The lowest BCUT2D eigenvalue weighted by Gasteiger charge is -2.07. The summed E-state index contributed by atoms with van der Waals surface area (Å²) >= 11 is 13.4. The van der Waals surface area contributed by atoms with E-state index in [-0.39, 0.29) is 6.61 Å². The first-order valence-electron chi connectivity index (χ1n) is 5.46. The van der Waals surface area contributed by atoms with E-state index in [1.807, 2.05) is 12.1 Å². The van der Waals surface area contributed by atoms with Crippen molar-refractivity contribution in [2.24, 2.45) is 0 Å². The van der Waals surface area contributed by atoms with E-state index in [1.165, 1.54) is 0 Å². The molecule has 0 aliphatic carbocycles. The number of rotatable bonds is 3. The highest BCUT2D eigenvalue weighted by Gasteiger charge is 2.11. The summed E-state index contributed by atoms with van der Waals surface area (Å²) < 4.78 is 6.09. The summed E-state index contributed by atoms with van der Waals surface area (Å²) in [6, 6.07) is 12.4. The highest BCUT2D eigenvalue weighted by molar-refractivity contribution is 9.10. The summed E-state index contributed by atoms with van der Waals surface area (Å²) in [6.45, 7) is 0.183. The van der Waals surface area contributed by atoms with Crippen LogP contribution in [0.15, 0.2) is 51.8 Å². The molecule has 0 N–H and O–H groups in total. The Bertz CT molecular complexity index is 616. The first-order chi connectivity index (χ1) is 9.06. The van der Waals surface area contributed by atoms with Crippen LogP contribution in [0, 0.1) is 0 Å². The molecule has 0 radical (unpaired) electrons. The summed E-state index contributed by atoms with van der Waals surface area (Å²) in [6.07, 6.45) is 0. The summed E-state index contributed by atoms with van der Waals surface area (Å²) in [5.41, 5.74) is 1.28. The fraction of sp³-hybridized carbons (Fsp3) is 0.0714. The molecular weight excluding hydrogens is 348 g/mol. The number of hydrogen-bond acceptors (Lipinski definition) is 3. The molecule has 0 saturated heterocycles. The molecular formula is C14H10BrClO2S. The topological polar surface area (TPSA) is 26.3 Å². The van der Waals surface area contributed by atoms with E-state index >= 15 is 0 Å². The molecule has 5 heteroatoms. The van der Waals surface area contributed by atoms with Gasteiger partial charge >= 0.3 is 5.97 Å². The van der Waals surface area contributed by atoms with Gasteiger partial charge in [-0.2, -0.15) is 0 Å². The molecule has 0 aromatic heterocycles. The van der Waals surface area contributed by atoms with Crippen LogP contribution >= 0.6 is 40.2 Å². The quantitative estimate of drug-likeness (QED) is 0.634. The molecule has 2 aromatic rings. The Kier molecular flexibility index (Phi) is 4.91. The lowest BCUT2D eigenvalue weighted by molar-refractivity contribution is 0.0468. The lowest BCUT2D eigenvalue weighted by Crippen LogP contribution is -2.06. The number of esters is 1. The normalized spacial score (nSPS) is 10.3. The van der Waals surface area contributed by atoms with Crippen LogP contribution in [-0.4, -0.2) is 5.97 Å². The molecule has 0 spiro atoms. The van der Waals surface area contributed by atoms with Crippen LogP contribution in [0.4, 0.5) is 0 Å². The van der Waals surface area contributed by atoms with Gasteiger partial charge in [0.1, 0.15) is 6.61 Å². The predicted molar refractivity (Wildman–Crippen MR) is 82.0 cm³/mol. The third-order valence-electron chi connectivity index (χ3n) is 2.44. The average Bonchev–Trinajstić information content (AvgIpc) is 2.36. The highest BCUT2D eigenvalue weighted by Crippen LogP contribution is 2.21. The molecule has 0 fully saturated rings. The van der Waals surface area contributed by atoms with Crippen LogP contribution in [0.2, 0.25) is 5.02 Å². The molecule has 0 bridgehead atoms. The summed E-state index contributed by atoms with van der Waals surface area (Å²) in [7, 11) is 0. The van der Waals surface area contributed by atoms with Crippen molar-refractivity contribution in [3.8, 4) is 0 Å². The Morgan fingerprint density at radius 1 is 1.26 bits per heavy atom. The third-order valence-corrected chi connectivity index (χ3v) is 3.54. The van der Waals surface area contributed by atoms with Crippen molar-refractivity contribution in [1.82, 2.24) is 0 Å². The van der Waals surface area contributed by atoms with E-state index in [2.05, 4.69) is 28.6 Å². The number of thiol groups is 1. The van der Waals surface area contributed by atoms with Crippen LogP contribution in [0.25, 0.3) is 0 Å². The largest absolute Gasteiger partial charge is 0.457 e. The second-order valence-electron chi connectivity index (χ2n) is 3.87. The third kappa shape index (κ3) is 4.00. The van der Waals surface area contributed by atoms with Crippen molar-refractivity contribution in [3.05, 3.63) is 63.1 Å². The van der Waals surface area contributed by atoms with E-state index in [1.54, 1.807) is 30.3 Å². The predicted octanol–water partition coefficient (Wildman–Crippen LogP) is 4.75. The standard InChI is InChI=1S/C14H10BrClO2S/c15-10-4-5-12(13(19)7-10)14(17)18-8-9-2-1-3-11(16)6-9/h1-7,19H,8H2. The van der Waals surface area contributed by atoms with Crippen LogP contribution < -0.4 is 0 Å². The van der Waals surface area contributed by atoms with Crippen molar-refractivity contribution < 1.29 is 9.53 Å². The Balaban J connectivity index is 2.05. The number of hydrogen-bond donors (Lipinski definition) is 1. The zero-order chi connectivity index (χ0) is 13.8. The van der Waals surface area contributed by atoms with Crippen LogP contribution in [-0.2, 0) is 11.3 Å². The minimum Gasteiger partial charge on any atom is -0.457 e. The van der Waals surface area contributed by atoms with E-state index < -0.39 is 5.97 Å². The number of halogens is 2. The monoisotopic (exact) mass is 356 g/mol. The zero-order valence-electron chi connectivity index (χ0n) is 9.77. The number of carbonyl (C=O) groups excluding carboxylic acids is 1. The summed E-state index contributed by atoms with van der Waals surface area (Å²) in [4.78, 5) is 12.5. The average molecular weight is 358 g/mol. The first kappa shape index (κ1) is 14.4. The smallest absolute Gasteiger partial charge is 0.339 e. The van der Waals surface area contributed by atoms with Gasteiger partial charge in [-0.25, -0.2) is 4.79 Å². The fourth-order valence-corrected chi connectivity index (χ4v) is 2.59. The molecule has 0 amide bonds. The van der Waals surface area contributed by atoms with Gasteiger partial charge in [0.05, 0.1) is 5.56 Å². The van der Waals surface area contributed by atoms with Crippen LogP contribution in [0.1, 0.15) is 15.9 Å². The molecule has 2 aromatic carbocycles. The maximum Gasteiger partial charge on any atom is 0.339 e. The van der Waals surface area contributed by atoms with Gasteiger partial charge in [-0.15, -0.1) is 12.6 Å². The fourth-order valence-electron chi connectivity index (χ4n) is 1.53. The van der Waals surface area contributed by atoms with Crippen LogP contribution in [0.5, 0.6) is 0 Å². The zero-order valence-corrected chi connectivity index (χ0v) is 13.0. The van der Waals surface area contributed by atoms with Gasteiger partial charge in [-0.3, -0.25) is 0 Å². The van der Waals surface area contributed by atoms with Crippen molar-refractivity contribution in [2.75, 3.05) is 0 Å². The van der Waals surface area contributed by atoms with Gasteiger partial charge in [-0.1, -0.05) is 39.7 Å². The molecule has 2 nitrogen and oxygen atoms in total. The lowest BCUT2D eigenvalue weighted by atomic mass is 10.2. The molecule has 2 rings (SSSR count). The van der Waals surface area contributed by atoms with Crippen LogP contribution in [0.3, 0.4) is 0 Å². The second kappa shape index (κ2) is 6.46. The van der Waals surface area contributed by atoms with Gasteiger partial charge in [0.15, 0.2) is 0 Å². The van der Waals surface area contributed by atoms with E-state index in [0.29, 0.717) is 15.5 Å². The Morgan fingerprint density at radius 3 is 2.74 bits per heavy atom. The number of carbonyl (C=O) groups is 1. The number of ether oxygens (including phenoxy) is 1. The molecule has 98 valence electrons. The van der Waals surface area contributed by atoms with Crippen molar-refractivity contribution >= 4 is 46.1 Å². The maximum absolute atomic E-state index is 11.9. The summed E-state index contributed by atoms with van der Waals surface area (Å²) in [5.74, 6) is -0.405. The first-order valence-corrected chi connectivity index (χ1v) is 7.08. The van der Waals surface area contributed by atoms with E-state index in [0.717, 1.165) is 10.0 Å². The van der Waals surface area contributed by atoms with Gasteiger partial charge in [0.25, 0.3) is 0 Å². The van der Waals surface area contributed by atoms with Gasteiger partial charge in [0, 0.05) is 14.4 Å². The molecule has 19 heavy (non-hydrogen) atoms. The van der Waals surface area contributed by atoms with Gasteiger partial charge in [0.2, 0.25) is 0 Å². The number of benzene rings is 2. The van der Waals surface area contributed by atoms with E-state index in [4.69, 9.17) is 16.3 Å². The van der Waals surface area contributed by atoms with Crippen molar-refractivity contribution in [1.29, 1.82) is 0 Å². The van der Waals surface area contributed by atoms with Gasteiger partial charge in [-0.05, 0) is 35.9 Å². The summed E-state index contributed by atoms with van der Waals surface area (Å²) in [5, 5.41) is 0.618. The molecule has 0 atom stereocenters. The van der Waals surface area contributed by atoms with Gasteiger partial charge < -0.3 is 4.74 Å². The highest BCUT2D eigenvalue weighted by atomic mass is 79.9. The molecule has 0 aliphatic rings. The minimum atomic E-state index is -0.405. The van der Waals surface area contributed by atoms with Crippen molar-refractivity contribution in [2.45, 2.75) is 11.5 Å². The molecule has 0 aliphatic heterocycles. The van der Waals surface area contributed by atoms with Crippen molar-refractivity contribution in [3.63, 3.8) is 0 Å². The van der Waals surface area contributed by atoms with E-state index in [9.17, 15) is 4.79 Å². The maximum atomic E-state index is 11.9. The Morgan fingerprint density at radius 2 is 2.05 bits per heavy atom. The minimum absolute atomic E-state index is 0.183. The SMILES string of the molecule is O=C(OCc1cccc(Cl)c1)c1ccc(Br)cc1S. The molecule has 0 heterocycles. The molecule has 0 saturated carbocycles. The second-order valence-corrected chi connectivity index (χ2v) is 5.70. The molecule has 0 unspecified atom stereocenters.